The molecule has 0 saturated carbocycles. The Balaban J connectivity index is 1.70. The first-order valence-corrected chi connectivity index (χ1v) is 11.3. The molecule has 2 amide bonds. The number of ether oxygens (including phenoxy) is 1. The van der Waals surface area contributed by atoms with Crippen molar-refractivity contribution in [2.24, 2.45) is 7.05 Å². The van der Waals surface area contributed by atoms with E-state index in [1.165, 1.54) is 6.07 Å². The minimum Gasteiger partial charge on any atom is -0.383 e. The van der Waals surface area contributed by atoms with Gasteiger partial charge in [-0.15, -0.1) is 11.3 Å². The summed E-state index contributed by atoms with van der Waals surface area (Å²) in [4.78, 5) is 16.0. The SMILES string of the molecule is COCCN(Cc1c(-c2cccs2)n(C)c2ccccc12)C(=O)Nc1ccc(C)c(F)c1. The van der Waals surface area contributed by atoms with E-state index in [1.807, 2.05) is 18.2 Å². The number of benzene rings is 2. The molecular weight excluding hydrogens is 425 g/mol. The highest BCUT2D eigenvalue weighted by molar-refractivity contribution is 7.13. The van der Waals surface area contributed by atoms with E-state index < -0.39 is 0 Å². The molecule has 0 atom stereocenters. The average Bonchev–Trinajstić information content (AvgIpc) is 3.40. The number of halogens is 1. The molecule has 7 heteroatoms. The Morgan fingerprint density at radius 1 is 1.19 bits per heavy atom. The van der Waals surface area contributed by atoms with Crippen LogP contribution in [0.2, 0.25) is 0 Å². The Bertz CT molecular complexity index is 1230. The fourth-order valence-electron chi connectivity index (χ4n) is 3.88. The number of hydrogen-bond donors (Lipinski definition) is 1. The van der Waals surface area contributed by atoms with Crippen molar-refractivity contribution >= 4 is 34.0 Å². The summed E-state index contributed by atoms with van der Waals surface area (Å²) in [6.45, 7) is 2.90. The molecule has 0 fully saturated rings. The zero-order chi connectivity index (χ0) is 22.7. The number of para-hydroxylation sites is 1. The van der Waals surface area contributed by atoms with Crippen molar-refractivity contribution in [2.45, 2.75) is 13.5 Å². The van der Waals surface area contributed by atoms with Gasteiger partial charge in [-0.25, -0.2) is 9.18 Å². The number of nitrogens with zero attached hydrogens (tertiary/aromatic N) is 2. The van der Waals surface area contributed by atoms with Gasteiger partial charge in [0.1, 0.15) is 5.82 Å². The maximum atomic E-state index is 14.0. The van der Waals surface area contributed by atoms with E-state index >= 15 is 0 Å². The first-order valence-electron chi connectivity index (χ1n) is 10.4. The largest absolute Gasteiger partial charge is 0.383 e. The molecule has 1 N–H and O–H groups in total. The van der Waals surface area contributed by atoms with Gasteiger partial charge in [0, 0.05) is 42.9 Å². The van der Waals surface area contributed by atoms with Crippen LogP contribution in [0.3, 0.4) is 0 Å². The number of urea groups is 1. The highest BCUT2D eigenvalue weighted by Crippen LogP contribution is 2.36. The maximum absolute atomic E-state index is 14.0. The van der Waals surface area contributed by atoms with Crippen LogP contribution in [0, 0.1) is 12.7 Å². The van der Waals surface area contributed by atoms with Crippen molar-refractivity contribution in [3.8, 4) is 10.6 Å². The highest BCUT2D eigenvalue weighted by Gasteiger charge is 2.22. The lowest BCUT2D eigenvalue weighted by Crippen LogP contribution is -2.37. The first-order chi connectivity index (χ1) is 15.5. The number of thiophene rings is 1. The molecule has 0 aliphatic heterocycles. The van der Waals surface area contributed by atoms with E-state index in [9.17, 15) is 9.18 Å². The number of methoxy groups -OCH3 is 1. The molecule has 0 aliphatic carbocycles. The molecule has 2 aromatic carbocycles. The van der Waals surface area contributed by atoms with Gasteiger partial charge in [-0.05, 0) is 42.1 Å². The molecule has 0 radical (unpaired) electrons. The van der Waals surface area contributed by atoms with E-state index in [0.717, 1.165) is 27.0 Å². The number of amides is 2. The molecule has 5 nitrogen and oxygen atoms in total. The van der Waals surface area contributed by atoms with Gasteiger partial charge in [0.25, 0.3) is 0 Å². The lowest BCUT2D eigenvalue weighted by molar-refractivity contribution is 0.153. The summed E-state index contributed by atoms with van der Waals surface area (Å²) in [6.07, 6.45) is 0. The number of carbonyl (C=O) groups is 1. The summed E-state index contributed by atoms with van der Waals surface area (Å²) < 4.78 is 21.4. The third kappa shape index (κ3) is 4.40. The number of aryl methyl sites for hydroxylation is 2. The van der Waals surface area contributed by atoms with Crippen LogP contribution in [0.15, 0.2) is 60.0 Å². The standard InChI is InChI=1S/C25H26FN3O2S/c1-17-10-11-18(15-21(17)26)27-25(30)29(12-13-31-3)16-20-19-7-4-5-8-22(19)28(2)24(20)23-9-6-14-32-23/h4-11,14-15H,12-13,16H2,1-3H3,(H,27,30). The zero-order valence-corrected chi connectivity index (χ0v) is 19.2. The van der Waals surface area contributed by atoms with Gasteiger partial charge in [-0.2, -0.15) is 0 Å². The van der Waals surface area contributed by atoms with Crippen molar-refractivity contribution in [1.29, 1.82) is 0 Å². The molecule has 0 spiro atoms. The van der Waals surface area contributed by atoms with Gasteiger partial charge in [0.2, 0.25) is 0 Å². The summed E-state index contributed by atoms with van der Waals surface area (Å²) in [6, 6.07) is 16.7. The Kier molecular flexibility index (Phi) is 6.58. The molecule has 32 heavy (non-hydrogen) atoms. The molecule has 166 valence electrons. The lowest BCUT2D eigenvalue weighted by atomic mass is 10.1. The quantitative estimate of drug-likeness (QED) is 0.373. The van der Waals surface area contributed by atoms with Crippen molar-refractivity contribution < 1.29 is 13.9 Å². The van der Waals surface area contributed by atoms with E-state index in [2.05, 4.69) is 40.5 Å². The van der Waals surface area contributed by atoms with Gasteiger partial charge in [0.15, 0.2) is 0 Å². The van der Waals surface area contributed by atoms with Crippen LogP contribution in [0.25, 0.3) is 21.5 Å². The number of aromatic nitrogens is 1. The summed E-state index contributed by atoms with van der Waals surface area (Å²) in [5.41, 5.74) is 4.25. The van der Waals surface area contributed by atoms with E-state index in [4.69, 9.17) is 4.74 Å². The van der Waals surface area contributed by atoms with Crippen LogP contribution in [0.5, 0.6) is 0 Å². The van der Waals surface area contributed by atoms with Crippen LogP contribution in [-0.4, -0.2) is 35.8 Å². The van der Waals surface area contributed by atoms with Crippen LogP contribution < -0.4 is 5.32 Å². The van der Waals surface area contributed by atoms with Crippen LogP contribution in [0.4, 0.5) is 14.9 Å². The minimum atomic E-state index is -0.347. The Morgan fingerprint density at radius 2 is 2.00 bits per heavy atom. The monoisotopic (exact) mass is 451 g/mol. The average molecular weight is 452 g/mol. The Morgan fingerprint density at radius 3 is 2.72 bits per heavy atom. The smallest absolute Gasteiger partial charge is 0.322 e. The van der Waals surface area contributed by atoms with Crippen LogP contribution in [0.1, 0.15) is 11.1 Å². The highest BCUT2D eigenvalue weighted by atomic mass is 32.1. The molecule has 0 bridgehead atoms. The topological polar surface area (TPSA) is 46.5 Å². The Hall–Kier alpha value is -3.16. The Labute approximate surface area is 191 Å². The number of anilines is 1. The summed E-state index contributed by atoms with van der Waals surface area (Å²) in [7, 11) is 3.66. The number of carbonyl (C=O) groups excluding carboxylic acids is 1. The summed E-state index contributed by atoms with van der Waals surface area (Å²) in [5, 5.41) is 6.00. The zero-order valence-electron chi connectivity index (χ0n) is 18.4. The molecule has 4 rings (SSSR count). The second kappa shape index (κ2) is 9.54. The van der Waals surface area contributed by atoms with Crippen LogP contribution in [-0.2, 0) is 18.3 Å². The number of fused-ring (bicyclic) bond motifs is 1. The molecule has 0 saturated heterocycles. The van der Waals surface area contributed by atoms with Crippen LogP contribution >= 0.6 is 11.3 Å². The van der Waals surface area contributed by atoms with Gasteiger partial charge in [0.05, 0.1) is 23.7 Å². The fraction of sp³-hybridized carbons (Fsp3) is 0.240. The van der Waals surface area contributed by atoms with Crippen molar-refractivity contribution in [1.82, 2.24) is 9.47 Å². The third-order valence-corrected chi connectivity index (χ3v) is 6.47. The van der Waals surface area contributed by atoms with Gasteiger partial charge in [-0.3, -0.25) is 0 Å². The predicted octanol–water partition coefficient (Wildman–Crippen LogP) is 6.03. The predicted molar refractivity (Wildman–Crippen MR) is 129 cm³/mol. The minimum absolute atomic E-state index is 0.296. The van der Waals surface area contributed by atoms with E-state index in [-0.39, 0.29) is 11.8 Å². The molecule has 4 aromatic rings. The molecule has 2 aromatic heterocycles. The van der Waals surface area contributed by atoms with Crippen molar-refractivity contribution in [3.63, 3.8) is 0 Å². The van der Waals surface area contributed by atoms with E-state index in [1.54, 1.807) is 42.4 Å². The lowest BCUT2D eigenvalue weighted by Gasteiger charge is -2.23. The second-order valence-corrected chi connectivity index (χ2v) is 8.64. The normalized spacial score (nSPS) is 11.1. The maximum Gasteiger partial charge on any atom is 0.322 e. The number of hydrogen-bond acceptors (Lipinski definition) is 3. The number of rotatable bonds is 7. The molecular formula is C25H26FN3O2S. The molecule has 2 heterocycles. The van der Waals surface area contributed by atoms with Gasteiger partial charge < -0.3 is 19.5 Å². The number of nitrogens with one attached hydrogen (secondary N) is 1. The third-order valence-electron chi connectivity index (χ3n) is 5.59. The van der Waals surface area contributed by atoms with E-state index in [0.29, 0.717) is 30.9 Å². The first kappa shape index (κ1) is 22.0. The van der Waals surface area contributed by atoms with Crippen molar-refractivity contribution in [2.75, 3.05) is 25.6 Å². The fourth-order valence-corrected chi connectivity index (χ4v) is 4.71. The van der Waals surface area contributed by atoms with Gasteiger partial charge >= 0.3 is 6.03 Å². The molecule has 0 unspecified atom stereocenters. The van der Waals surface area contributed by atoms with Crippen molar-refractivity contribution in [3.05, 3.63) is 76.9 Å². The summed E-state index contributed by atoms with van der Waals surface area (Å²) in [5.74, 6) is -0.347. The molecule has 0 aliphatic rings. The van der Waals surface area contributed by atoms with Gasteiger partial charge in [-0.1, -0.05) is 30.3 Å². The summed E-state index contributed by atoms with van der Waals surface area (Å²) >= 11 is 1.67. The second-order valence-electron chi connectivity index (χ2n) is 7.69.